The van der Waals surface area contributed by atoms with Crippen molar-refractivity contribution >= 4 is 11.6 Å². The maximum Gasteiger partial charge on any atom is 0.159 e. The monoisotopic (exact) mass is 386 g/mol. The molecule has 1 saturated carbocycles. The smallest absolute Gasteiger partial charge is 0.159 e. The van der Waals surface area contributed by atoms with Crippen LogP contribution in [0, 0.1) is 17.7 Å². The summed E-state index contributed by atoms with van der Waals surface area (Å²) in [6, 6.07) is 4.58. The van der Waals surface area contributed by atoms with Gasteiger partial charge in [-0.05, 0) is 80.5 Å². The minimum Gasteiger partial charge on any atom is -0.236 e. The van der Waals surface area contributed by atoms with Gasteiger partial charge in [-0.3, -0.25) is 0 Å². The van der Waals surface area contributed by atoms with E-state index in [1.165, 1.54) is 51.0 Å². The van der Waals surface area contributed by atoms with Crippen LogP contribution in [0.5, 0.6) is 0 Å². The zero-order valence-electron chi connectivity index (χ0n) is 16.0. The lowest BCUT2D eigenvalue weighted by Crippen LogP contribution is -2.13. The fourth-order valence-corrected chi connectivity index (χ4v) is 3.94. The normalized spacial score (nSPS) is 20.3. The second-order valence-corrected chi connectivity index (χ2v) is 7.99. The molecule has 1 aliphatic carbocycles. The molecule has 0 bridgehead atoms. The number of rotatable bonds is 7. The second kappa shape index (κ2) is 9.98. The summed E-state index contributed by atoms with van der Waals surface area (Å²) >= 11 is 5.84. The molecular weight excluding hydrogens is 359 g/mol. The molecule has 0 spiro atoms. The number of allylic oxidation sites excluding steroid dienone is 2. The summed E-state index contributed by atoms with van der Waals surface area (Å²) < 4.78 is 13.3. The Balaban J connectivity index is 1.47. The molecule has 2 aromatic rings. The topological polar surface area (TPSA) is 25.8 Å². The molecule has 1 aromatic heterocycles. The molecule has 0 amide bonds. The summed E-state index contributed by atoms with van der Waals surface area (Å²) in [7, 11) is 0. The van der Waals surface area contributed by atoms with Crippen LogP contribution in [-0.2, 0) is 6.42 Å². The van der Waals surface area contributed by atoms with E-state index >= 15 is 0 Å². The quantitative estimate of drug-likeness (QED) is 0.477. The van der Waals surface area contributed by atoms with E-state index in [9.17, 15) is 4.39 Å². The van der Waals surface area contributed by atoms with E-state index in [1.807, 2.05) is 12.4 Å². The largest absolute Gasteiger partial charge is 0.236 e. The van der Waals surface area contributed by atoms with Crippen molar-refractivity contribution in [2.45, 2.75) is 58.3 Å². The van der Waals surface area contributed by atoms with E-state index in [-0.39, 0.29) is 5.02 Å². The highest BCUT2D eigenvalue weighted by Crippen LogP contribution is 2.32. The van der Waals surface area contributed by atoms with Crippen LogP contribution in [0.1, 0.15) is 57.4 Å². The van der Waals surface area contributed by atoms with Gasteiger partial charge in [0.05, 0.1) is 5.02 Å². The van der Waals surface area contributed by atoms with Gasteiger partial charge in [0.2, 0.25) is 0 Å². The van der Waals surface area contributed by atoms with E-state index in [0.29, 0.717) is 5.82 Å². The van der Waals surface area contributed by atoms with Gasteiger partial charge in [-0.1, -0.05) is 37.1 Å². The fourth-order valence-electron chi connectivity index (χ4n) is 3.76. The number of aryl methyl sites for hydroxylation is 1. The van der Waals surface area contributed by atoms with Gasteiger partial charge in [-0.15, -0.1) is 0 Å². The molecule has 0 atom stereocenters. The van der Waals surface area contributed by atoms with E-state index in [2.05, 4.69) is 29.0 Å². The third-order valence-electron chi connectivity index (χ3n) is 5.48. The van der Waals surface area contributed by atoms with E-state index in [1.54, 1.807) is 12.1 Å². The summed E-state index contributed by atoms with van der Waals surface area (Å²) in [4.78, 5) is 8.87. The lowest BCUT2D eigenvalue weighted by molar-refractivity contribution is 0.296. The van der Waals surface area contributed by atoms with Crippen LogP contribution >= 0.6 is 11.6 Å². The van der Waals surface area contributed by atoms with Crippen molar-refractivity contribution in [3.8, 4) is 11.4 Å². The van der Waals surface area contributed by atoms with Crippen molar-refractivity contribution in [3.05, 3.63) is 59.1 Å². The molecule has 3 rings (SSSR count). The number of unbranched alkanes of at least 4 members (excludes halogenated alkanes) is 1. The van der Waals surface area contributed by atoms with E-state index in [4.69, 9.17) is 11.6 Å². The maximum absolute atomic E-state index is 13.3. The molecule has 1 aliphatic rings. The molecular formula is C23H28ClFN2. The van der Waals surface area contributed by atoms with Gasteiger partial charge < -0.3 is 0 Å². The molecule has 4 heteroatoms. The molecule has 1 fully saturated rings. The molecule has 0 N–H and O–H groups in total. The van der Waals surface area contributed by atoms with Crippen LogP contribution in [0.4, 0.5) is 4.39 Å². The van der Waals surface area contributed by atoms with Gasteiger partial charge >= 0.3 is 0 Å². The first-order chi connectivity index (χ1) is 13.2. The first-order valence-corrected chi connectivity index (χ1v) is 10.5. The highest BCUT2D eigenvalue weighted by molar-refractivity contribution is 6.31. The zero-order chi connectivity index (χ0) is 19.1. The maximum atomic E-state index is 13.3. The summed E-state index contributed by atoms with van der Waals surface area (Å²) in [5.74, 6) is 1.77. The Labute approximate surface area is 166 Å². The Morgan fingerprint density at radius 1 is 1.15 bits per heavy atom. The van der Waals surface area contributed by atoms with Gasteiger partial charge in [0.15, 0.2) is 5.82 Å². The molecule has 27 heavy (non-hydrogen) atoms. The van der Waals surface area contributed by atoms with Crippen LogP contribution < -0.4 is 0 Å². The van der Waals surface area contributed by atoms with E-state index in [0.717, 1.165) is 29.4 Å². The first kappa shape index (κ1) is 20.0. The molecule has 2 nitrogen and oxygen atoms in total. The molecule has 0 saturated heterocycles. The van der Waals surface area contributed by atoms with Crippen LogP contribution in [0.2, 0.25) is 5.02 Å². The number of hydrogen-bond acceptors (Lipinski definition) is 2. The van der Waals surface area contributed by atoms with Crippen LogP contribution in [0.3, 0.4) is 0 Å². The second-order valence-electron chi connectivity index (χ2n) is 7.58. The van der Waals surface area contributed by atoms with Crippen LogP contribution in [0.25, 0.3) is 11.4 Å². The summed E-state index contributed by atoms with van der Waals surface area (Å²) in [5, 5.41) is 0.0975. The van der Waals surface area contributed by atoms with Gasteiger partial charge in [0, 0.05) is 18.0 Å². The summed E-state index contributed by atoms with van der Waals surface area (Å²) in [6.45, 7) is 2.23. The lowest BCUT2D eigenvalue weighted by atomic mass is 9.79. The Morgan fingerprint density at radius 2 is 1.89 bits per heavy atom. The van der Waals surface area contributed by atoms with Gasteiger partial charge in [-0.25, -0.2) is 14.4 Å². The highest BCUT2D eigenvalue weighted by atomic mass is 35.5. The minimum absolute atomic E-state index is 0.0975. The predicted molar refractivity (Wildman–Crippen MR) is 110 cm³/mol. The molecule has 1 aromatic carbocycles. The van der Waals surface area contributed by atoms with Crippen molar-refractivity contribution in [3.63, 3.8) is 0 Å². The van der Waals surface area contributed by atoms with Crippen molar-refractivity contribution in [2.75, 3.05) is 0 Å². The summed E-state index contributed by atoms with van der Waals surface area (Å²) in [5.41, 5.74) is 1.90. The number of hydrogen-bond donors (Lipinski definition) is 0. The summed E-state index contributed by atoms with van der Waals surface area (Å²) in [6.07, 6.45) is 18.5. The van der Waals surface area contributed by atoms with Crippen LogP contribution in [0.15, 0.2) is 42.7 Å². The number of benzene rings is 1. The SMILES string of the molecule is CCC/C=C/[C@H]1CC[C@H](CCc2cnc(-c3ccc(F)c(Cl)c3)nc2)CC1. The molecule has 144 valence electrons. The van der Waals surface area contributed by atoms with Gasteiger partial charge in [-0.2, -0.15) is 0 Å². The highest BCUT2D eigenvalue weighted by Gasteiger charge is 2.19. The van der Waals surface area contributed by atoms with Crippen molar-refractivity contribution in [1.29, 1.82) is 0 Å². The lowest BCUT2D eigenvalue weighted by Gasteiger charge is -2.26. The van der Waals surface area contributed by atoms with Crippen LogP contribution in [-0.4, -0.2) is 9.97 Å². The number of nitrogens with zero attached hydrogens (tertiary/aromatic N) is 2. The Bertz CT molecular complexity index is 749. The predicted octanol–water partition coefficient (Wildman–Crippen LogP) is 7.03. The molecule has 0 unspecified atom stereocenters. The number of aromatic nitrogens is 2. The zero-order valence-corrected chi connectivity index (χ0v) is 16.8. The third kappa shape index (κ3) is 5.87. The Morgan fingerprint density at radius 3 is 2.56 bits per heavy atom. The Kier molecular flexibility index (Phi) is 7.40. The standard InChI is InChI=1S/C23H28ClFN2/c1-2-3-4-5-17-6-8-18(9-7-17)10-11-19-15-26-23(27-16-19)20-12-13-22(25)21(24)14-20/h4-5,12-18H,2-3,6-11H2,1H3/b5-4+/t17-,18-. The third-order valence-corrected chi connectivity index (χ3v) is 5.77. The van der Waals surface area contributed by atoms with Gasteiger partial charge in [0.25, 0.3) is 0 Å². The van der Waals surface area contributed by atoms with Gasteiger partial charge in [0.1, 0.15) is 5.82 Å². The number of halogens is 2. The Hall–Kier alpha value is -1.74. The van der Waals surface area contributed by atoms with Crippen molar-refractivity contribution in [2.24, 2.45) is 11.8 Å². The average Bonchev–Trinajstić information content (AvgIpc) is 2.70. The minimum atomic E-state index is -0.424. The van der Waals surface area contributed by atoms with Crippen molar-refractivity contribution in [1.82, 2.24) is 9.97 Å². The molecule has 0 aliphatic heterocycles. The molecule has 1 heterocycles. The van der Waals surface area contributed by atoms with E-state index < -0.39 is 5.82 Å². The van der Waals surface area contributed by atoms with Crippen molar-refractivity contribution < 1.29 is 4.39 Å². The average molecular weight is 387 g/mol. The molecule has 0 radical (unpaired) electrons. The first-order valence-electron chi connectivity index (χ1n) is 10.1. The fraction of sp³-hybridized carbons (Fsp3) is 0.478.